The summed E-state index contributed by atoms with van der Waals surface area (Å²) in [5, 5.41) is 7.75. The van der Waals surface area contributed by atoms with Gasteiger partial charge in [-0.3, -0.25) is 0 Å². The Labute approximate surface area is 87.7 Å². The van der Waals surface area contributed by atoms with Gasteiger partial charge in [0.2, 0.25) is 0 Å². The summed E-state index contributed by atoms with van der Waals surface area (Å²) in [4.78, 5) is 7.56. The van der Waals surface area contributed by atoms with E-state index in [1.807, 2.05) is 0 Å². The van der Waals surface area contributed by atoms with E-state index in [0.29, 0.717) is 0 Å². The van der Waals surface area contributed by atoms with Crippen molar-refractivity contribution >= 4 is 15.7 Å². The first-order valence-electron chi connectivity index (χ1n) is 4.07. The Bertz CT molecular complexity index is 518. The first kappa shape index (κ1) is 11.4. The Hall–Kier alpha value is -1.68. The Morgan fingerprint density at radius 2 is 2.20 bits per heavy atom. The van der Waals surface area contributed by atoms with Crippen LogP contribution in [0.15, 0.2) is 6.20 Å². The van der Waals surface area contributed by atoms with Crippen molar-refractivity contribution in [1.82, 2.24) is 9.97 Å². The molecule has 1 rings (SSSR count). The van der Waals surface area contributed by atoms with Crippen LogP contribution in [-0.2, 0) is 9.84 Å². The van der Waals surface area contributed by atoms with Gasteiger partial charge in [0.05, 0.1) is 6.20 Å². The molecule has 1 unspecified atom stereocenters. The van der Waals surface area contributed by atoms with Crippen molar-refractivity contribution in [3.05, 3.63) is 17.6 Å². The van der Waals surface area contributed by atoms with E-state index in [0.717, 1.165) is 6.26 Å². The molecule has 80 valence electrons. The number of nitrogens with zero attached hydrogens (tertiary/aromatic N) is 3. The molecule has 0 saturated carbocycles. The average Bonchev–Trinajstić information content (AvgIpc) is 2.15. The number of aromatic nitrogens is 2. The van der Waals surface area contributed by atoms with Crippen molar-refractivity contribution in [2.45, 2.75) is 12.2 Å². The van der Waals surface area contributed by atoms with Gasteiger partial charge in [-0.25, -0.2) is 18.4 Å². The highest BCUT2D eigenvalue weighted by atomic mass is 32.2. The van der Waals surface area contributed by atoms with Crippen LogP contribution in [0.4, 0.5) is 5.82 Å². The predicted molar refractivity (Wildman–Crippen MR) is 54.4 cm³/mol. The second-order valence-electron chi connectivity index (χ2n) is 3.11. The number of sulfone groups is 1. The maximum atomic E-state index is 11.2. The molecule has 1 aromatic rings. The number of nitrogens with two attached hydrogens (primary N) is 1. The summed E-state index contributed by atoms with van der Waals surface area (Å²) in [6.07, 6.45) is 2.31. The average molecular weight is 226 g/mol. The van der Waals surface area contributed by atoms with E-state index in [-0.39, 0.29) is 17.2 Å². The van der Waals surface area contributed by atoms with E-state index >= 15 is 0 Å². The molecule has 2 N–H and O–H groups in total. The monoisotopic (exact) mass is 226 g/mol. The zero-order chi connectivity index (χ0) is 11.6. The fourth-order valence-electron chi connectivity index (χ4n) is 0.883. The van der Waals surface area contributed by atoms with Crippen molar-refractivity contribution in [3.63, 3.8) is 0 Å². The van der Waals surface area contributed by atoms with Crippen LogP contribution in [0.1, 0.15) is 23.6 Å². The lowest BCUT2D eigenvalue weighted by atomic mass is 10.3. The molecule has 0 aromatic carbocycles. The van der Waals surface area contributed by atoms with E-state index in [2.05, 4.69) is 9.97 Å². The van der Waals surface area contributed by atoms with Crippen molar-refractivity contribution < 1.29 is 8.42 Å². The van der Waals surface area contributed by atoms with Gasteiger partial charge in [-0.05, 0) is 6.92 Å². The van der Waals surface area contributed by atoms with Gasteiger partial charge in [0.25, 0.3) is 0 Å². The fourth-order valence-corrected chi connectivity index (χ4v) is 1.38. The fraction of sp³-hybridized carbons (Fsp3) is 0.375. The molecule has 1 heterocycles. The normalized spacial score (nSPS) is 13.1. The Morgan fingerprint density at radius 3 is 2.60 bits per heavy atom. The molecule has 0 radical (unpaired) electrons. The SMILES string of the molecule is CC(c1ncc(C#N)c(N)n1)S(C)(=O)=O. The summed E-state index contributed by atoms with van der Waals surface area (Å²) in [5.74, 6) is 0.104. The standard InChI is InChI=1S/C8H10N4O2S/c1-5(15(2,13)14)8-11-4-6(3-9)7(10)12-8/h4-5H,1-2H3,(H2,10,11,12). The third kappa shape index (κ3) is 2.41. The second-order valence-corrected chi connectivity index (χ2v) is 5.48. The van der Waals surface area contributed by atoms with Crippen LogP contribution in [0, 0.1) is 11.3 Å². The second kappa shape index (κ2) is 3.82. The minimum atomic E-state index is -3.26. The molecule has 0 aliphatic carbocycles. The van der Waals surface area contributed by atoms with E-state index < -0.39 is 15.1 Å². The van der Waals surface area contributed by atoms with E-state index in [1.165, 1.54) is 13.1 Å². The summed E-state index contributed by atoms with van der Waals surface area (Å²) in [5.41, 5.74) is 5.58. The van der Waals surface area contributed by atoms with Gasteiger partial charge < -0.3 is 5.73 Å². The van der Waals surface area contributed by atoms with Crippen molar-refractivity contribution in [3.8, 4) is 6.07 Å². The molecule has 15 heavy (non-hydrogen) atoms. The van der Waals surface area contributed by atoms with Gasteiger partial charge in [0.15, 0.2) is 9.84 Å². The predicted octanol–water partition coefficient (Wildman–Crippen LogP) is 0.0361. The summed E-state index contributed by atoms with van der Waals surface area (Å²) in [6, 6.07) is 1.80. The van der Waals surface area contributed by atoms with Crippen LogP contribution in [0.5, 0.6) is 0 Å². The van der Waals surface area contributed by atoms with Gasteiger partial charge in [-0.2, -0.15) is 5.26 Å². The lowest BCUT2D eigenvalue weighted by molar-refractivity contribution is 0.589. The van der Waals surface area contributed by atoms with E-state index in [1.54, 1.807) is 6.07 Å². The van der Waals surface area contributed by atoms with E-state index in [4.69, 9.17) is 11.0 Å². The largest absolute Gasteiger partial charge is 0.382 e. The number of hydrogen-bond donors (Lipinski definition) is 1. The van der Waals surface area contributed by atoms with Crippen LogP contribution in [-0.4, -0.2) is 24.6 Å². The molecule has 0 bridgehead atoms. The molecule has 0 fully saturated rings. The molecule has 0 aliphatic heterocycles. The Kier molecular flexibility index (Phi) is 2.90. The number of hydrogen-bond acceptors (Lipinski definition) is 6. The number of nitrogen functional groups attached to an aromatic ring is 1. The molecule has 0 amide bonds. The lowest BCUT2D eigenvalue weighted by Gasteiger charge is -2.08. The first-order valence-corrected chi connectivity index (χ1v) is 6.03. The molecule has 6 nitrogen and oxygen atoms in total. The first-order chi connectivity index (χ1) is 6.86. The van der Waals surface area contributed by atoms with E-state index in [9.17, 15) is 8.42 Å². The van der Waals surface area contributed by atoms with Gasteiger partial charge in [0, 0.05) is 6.26 Å². The Morgan fingerprint density at radius 1 is 1.60 bits per heavy atom. The third-order valence-electron chi connectivity index (χ3n) is 1.96. The highest BCUT2D eigenvalue weighted by Gasteiger charge is 2.20. The maximum absolute atomic E-state index is 11.2. The molecule has 0 saturated heterocycles. The highest BCUT2D eigenvalue weighted by Crippen LogP contribution is 2.18. The van der Waals surface area contributed by atoms with Crippen molar-refractivity contribution in [1.29, 1.82) is 5.26 Å². The minimum absolute atomic E-state index is 0.00185. The summed E-state index contributed by atoms with van der Waals surface area (Å²) in [7, 11) is -3.26. The molecular formula is C8H10N4O2S. The minimum Gasteiger partial charge on any atom is -0.382 e. The van der Waals surface area contributed by atoms with Crippen LogP contribution in [0.3, 0.4) is 0 Å². The molecular weight excluding hydrogens is 216 g/mol. The highest BCUT2D eigenvalue weighted by molar-refractivity contribution is 7.90. The van der Waals surface area contributed by atoms with Crippen LogP contribution in [0.25, 0.3) is 0 Å². The van der Waals surface area contributed by atoms with Crippen LogP contribution >= 0.6 is 0 Å². The van der Waals surface area contributed by atoms with Gasteiger partial charge in [-0.1, -0.05) is 0 Å². The van der Waals surface area contributed by atoms with Crippen molar-refractivity contribution in [2.24, 2.45) is 0 Å². The van der Waals surface area contributed by atoms with Crippen molar-refractivity contribution in [2.75, 3.05) is 12.0 Å². The summed E-state index contributed by atoms with van der Waals surface area (Å²) < 4.78 is 22.4. The molecule has 0 spiro atoms. The molecule has 1 aromatic heterocycles. The Balaban J connectivity index is 3.21. The molecule has 7 heteroatoms. The summed E-state index contributed by atoms with van der Waals surface area (Å²) >= 11 is 0. The van der Waals surface area contributed by atoms with Crippen LogP contribution in [0.2, 0.25) is 0 Å². The third-order valence-corrected chi connectivity index (χ3v) is 3.46. The number of anilines is 1. The van der Waals surface area contributed by atoms with Gasteiger partial charge in [0.1, 0.15) is 28.5 Å². The topological polar surface area (TPSA) is 110 Å². The number of rotatable bonds is 2. The maximum Gasteiger partial charge on any atom is 0.157 e. The molecule has 1 atom stereocenters. The van der Waals surface area contributed by atoms with Gasteiger partial charge >= 0.3 is 0 Å². The lowest BCUT2D eigenvalue weighted by Crippen LogP contribution is -2.12. The quantitative estimate of drug-likeness (QED) is 0.762. The van der Waals surface area contributed by atoms with Crippen LogP contribution < -0.4 is 5.73 Å². The van der Waals surface area contributed by atoms with Gasteiger partial charge in [-0.15, -0.1) is 0 Å². The zero-order valence-corrected chi connectivity index (χ0v) is 9.11. The smallest absolute Gasteiger partial charge is 0.157 e. The number of nitriles is 1. The zero-order valence-electron chi connectivity index (χ0n) is 8.30. The molecule has 0 aliphatic rings. The summed E-state index contributed by atoms with van der Waals surface area (Å²) in [6.45, 7) is 1.47.